The van der Waals surface area contributed by atoms with Gasteiger partial charge >= 0.3 is 0 Å². The molecular weight excluding hydrogens is 162 g/mol. The first-order chi connectivity index (χ1) is 6.27. The van der Waals surface area contributed by atoms with Crippen molar-refractivity contribution in [3.05, 3.63) is 0 Å². The lowest BCUT2D eigenvalue weighted by atomic mass is 10.1. The molecule has 13 heavy (non-hydrogen) atoms. The van der Waals surface area contributed by atoms with Crippen LogP contribution in [0.1, 0.15) is 33.1 Å². The minimum atomic E-state index is 0.370. The maximum atomic E-state index is 9.31. The molecule has 1 heterocycles. The molecule has 1 unspecified atom stereocenters. The minimum Gasteiger partial charge on any atom is -0.395 e. The van der Waals surface area contributed by atoms with E-state index in [0.29, 0.717) is 18.7 Å². The van der Waals surface area contributed by atoms with Crippen molar-refractivity contribution >= 4 is 0 Å². The van der Waals surface area contributed by atoms with Gasteiger partial charge in [-0.2, -0.15) is 0 Å². The number of rotatable bonds is 4. The first kappa shape index (κ1) is 9.47. The summed E-state index contributed by atoms with van der Waals surface area (Å²) in [4.78, 5) is 2.53. The zero-order valence-electron chi connectivity index (χ0n) is 8.74. The topological polar surface area (TPSA) is 23.5 Å². The van der Waals surface area contributed by atoms with Gasteiger partial charge in [-0.05, 0) is 31.6 Å². The average molecular weight is 183 g/mol. The van der Waals surface area contributed by atoms with Gasteiger partial charge in [0.1, 0.15) is 0 Å². The fourth-order valence-corrected chi connectivity index (χ4v) is 2.93. The molecule has 0 amide bonds. The van der Waals surface area contributed by atoms with E-state index in [1.165, 1.54) is 25.8 Å². The Hall–Kier alpha value is -0.0800. The zero-order chi connectivity index (χ0) is 9.42. The number of piperidine rings is 1. The van der Waals surface area contributed by atoms with Crippen molar-refractivity contribution in [1.29, 1.82) is 0 Å². The molecule has 0 radical (unpaired) electrons. The Labute approximate surface area is 80.9 Å². The summed E-state index contributed by atoms with van der Waals surface area (Å²) in [6.07, 6.45) is 3.90. The van der Waals surface area contributed by atoms with E-state index in [2.05, 4.69) is 18.7 Å². The molecule has 2 fully saturated rings. The molecule has 2 aliphatic rings. The summed E-state index contributed by atoms with van der Waals surface area (Å²) in [5.74, 6) is 1.76. The van der Waals surface area contributed by atoms with E-state index >= 15 is 0 Å². The summed E-state index contributed by atoms with van der Waals surface area (Å²) >= 11 is 0. The highest BCUT2D eigenvalue weighted by molar-refractivity contribution is 5.04. The third-order valence-corrected chi connectivity index (χ3v) is 3.80. The second kappa shape index (κ2) is 3.58. The highest BCUT2D eigenvalue weighted by Crippen LogP contribution is 2.50. The van der Waals surface area contributed by atoms with Crippen molar-refractivity contribution in [3.63, 3.8) is 0 Å². The van der Waals surface area contributed by atoms with E-state index in [4.69, 9.17) is 0 Å². The molecule has 1 N–H and O–H groups in total. The summed E-state index contributed by atoms with van der Waals surface area (Å²) in [6, 6.07) is 1.17. The van der Waals surface area contributed by atoms with Crippen LogP contribution in [0, 0.1) is 11.8 Å². The Kier molecular flexibility index (Phi) is 2.61. The summed E-state index contributed by atoms with van der Waals surface area (Å²) in [5, 5.41) is 9.31. The van der Waals surface area contributed by atoms with Gasteiger partial charge < -0.3 is 5.11 Å². The fourth-order valence-electron chi connectivity index (χ4n) is 2.93. The molecule has 1 saturated carbocycles. The molecule has 0 aromatic rings. The van der Waals surface area contributed by atoms with Crippen LogP contribution < -0.4 is 0 Å². The van der Waals surface area contributed by atoms with Crippen LogP contribution in [-0.2, 0) is 0 Å². The van der Waals surface area contributed by atoms with E-state index in [9.17, 15) is 5.11 Å². The van der Waals surface area contributed by atoms with Crippen LogP contribution in [0.4, 0.5) is 0 Å². The molecule has 0 aromatic carbocycles. The van der Waals surface area contributed by atoms with Crippen molar-refractivity contribution in [2.45, 2.75) is 45.2 Å². The van der Waals surface area contributed by atoms with Gasteiger partial charge in [0, 0.05) is 18.6 Å². The number of aliphatic hydroxyl groups is 1. The van der Waals surface area contributed by atoms with E-state index in [0.717, 1.165) is 11.8 Å². The number of hydrogen-bond acceptors (Lipinski definition) is 2. The normalized spacial score (nSPS) is 40.4. The lowest BCUT2D eigenvalue weighted by molar-refractivity contribution is 0.100. The van der Waals surface area contributed by atoms with Crippen LogP contribution in [0.3, 0.4) is 0 Å². The Morgan fingerprint density at radius 3 is 2.92 bits per heavy atom. The Balaban J connectivity index is 1.91. The van der Waals surface area contributed by atoms with Gasteiger partial charge in [0.05, 0.1) is 6.61 Å². The smallest absolute Gasteiger partial charge is 0.0589 e. The van der Waals surface area contributed by atoms with Crippen LogP contribution in [0.15, 0.2) is 0 Å². The maximum absolute atomic E-state index is 9.31. The predicted molar refractivity (Wildman–Crippen MR) is 53.5 cm³/mol. The summed E-state index contributed by atoms with van der Waals surface area (Å²) in [7, 11) is 0. The van der Waals surface area contributed by atoms with Crippen molar-refractivity contribution in [3.8, 4) is 0 Å². The molecule has 1 aliphatic carbocycles. The summed E-state index contributed by atoms with van der Waals surface area (Å²) in [5.41, 5.74) is 0. The maximum Gasteiger partial charge on any atom is 0.0589 e. The molecule has 0 spiro atoms. The Morgan fingerprint density at radius 1 is 1.54 bits per heavy atom. The Morgan fingerprint density at radius 2 is 2.31 bits per heavy atom. The highest BCUT2D eigenvalue weighted by Gasteiger charge is 2.52. The van der Waals surface area contributed by atoms with E-state index < -0.39 is 0 Å². The van der Waals surface area contributed by atoms with Crippen LogP contribution >= 0.6 is 0 Å². The molecule has 76 valence electrons. The monoisotopic (exact) mass is 183 g/mol. The lowest BCUT2D eigenvalue weighted by Crippen LogP contribution is -2.41. The first-order valence-corrected chi connectivity index (χ1v) is 5.64. The van der Waals surface area contributed by atoms with Gasteiger partial charge in [0.15, 0.2) is 0 Å². The van der Waals surface area contributed by atoms with Gasteiger partial charge in [0.2, 0.25) is 0 Å². The third-order valence-electron chi connectivity index (χ3n) is 3.80. The molecule has 1 saturated heterocycles. The standard InChI is InChI=1S/C11H21NO/c1-3-4-8(2)12-6-9-5-10(9)11(12)7-13/h8-11,13H,3-7H2,1-2H3/t8?,9-,10-,11-/m1/s1. The van der Waals surface area contributed by atoms with Gasteiger partial charge in [-0.25, -0.2) is 0 Å². The molecule has 0 aromatic heterocycles. The van der Waals surface area contributed by atoms with Gasteiger partial charge in [-0.15, -0.1) is 0 Å². The molecule has 1 aliphatic heterocycles. The minimum absolute atomic E-state index is 0.370. The second-order valence-corrected chi connectivity index (χ2v) is 4.74. The number of hydrogen-bond donors (Lipinski definition) is 1. The molecule has 2 rings (SSSR count). The van der Waals surface area contributed by atoms with Crippen LogP contribution in [-0.4, -0.2) is 35.2 Å². The van der Waals surface area contributed by atoms with Gasteiger partial charge in [0.25, 0.3) is 0 Å². The van der Waals surface area contributed by atoms with Crippen molar-refractivity contribution in [1.82, 2.24) is 4.90 Å². The van der Waals surface area contributed by atoms with Crippen molar-refractivity contribution < 1.29 is 5.11 Å². The fraction of sp³-hybridized carbons (Fsp3) is 1.00. The van der Waals surface area contributed by atoms with Crippen molar-refractivity contribution in [2.24, 2.45) is 11.8 Å². The van der Waals surface area contributed by atoms with E-state index in [-0.39, 0.29) is 0 Å². The number of aliphatic hydroxyl groups excluding tert-OH is 1. The van der Waals surface area contributed by atoms with Gasteiger partial charge in [-0.1, -0.05) is 13.3 Å². The molecule has 2 nitrogen and oxygen atoms in total. The number of fused-ring (bicyclic) bond motifs is 1. The summed E-state index contributed by atoms with van der Waals surface area (Å²) in [6.45, 7) is 6.16. The zero-order valence-corrected chi connectivity index (χ0v) is 8.74. The highest BCUT2D eigenvalue weighted by atomic mass is 16.3. The molecule has 4 atom stereocenters. The van der Waals surface area contributed by atoms with E-state index in [1.807, 2.05) is 0 Å². The third kappa shape index (κ3) is 1.62. The lowest BCUT2D eigenvalue weighted by Gasteiger charge is -2.31. The molecule has 2 heteroatoms. The quantitative estimate of drug-likeness (QED) is 0.713. The molecular formula is C11H21NO. The Bertz CT molecular complexity index is 183. The second-order valence-electron chi connectivity index (χ2n) is 4.74. The number of likely N-dealkylation sites (tertiary alicyclic amines) is 1. The van der Waals surface area contributed by atoms with Crippen LogP contribution in [0.5, 0.6) is 0 Å². The van der Waals surface area contributed by atoms with Crippen LogP contribution in [0.2, 0.25) is 0 Å². The van der Waals surface area contributed by atoms with Gasteiger partial charge in [-0.3, -0.25) is 4.90 Å². The largest absolute Gasteiger partial charge is 0.395 e. The predicted octanol–water partition coefficient (Wildman–Crippen LogP) is 1.49. The van der Waals surface area contributed by atoms with Crippen LogP contribution in [0.25, 0.3) is 0 Å². The molecule has 0 bridgehead atoms. The van der Waals surface area contributed by atoms with Crippen molar-refractivity contribution in [2.75, 3.05) is 13.2 Å². The number of nitrogens with zero attached hydrogens (tertiary/aromatic N) is 1. The summed E-state index contributed by atoms with van der Waals surface area (Å²) < 4.78 is 0. The van der Waals surface area contributed by atoms with E-state index in [1.54, 1.807) is 0 Å². The first-order valence-electron chi connectivity index (χ1n) is 5.64. The average Bonchev–Trinajstić information content (AvgIpc) is 2.78. The SMILES string of the molecule is CCCC(C)N1C[C@H]2C[C@H]2[C@H]1CO.